The fourth-order valence-corrected chi connectivity index (χ4v) is 10.4. The molecule has 5 nitrogen and oxygen atoms in total. The molecule has 0 saturated heterocycles. The molecule has 5 heteroatoms. The van der Waals surface area contributed by atoms with Gasteiger partial charge in [-0.3, -0.25) is 4.79 Å². The van der Waals surface area contributed by atoms with E-state index in [1.165, 1.54) is 5.56 Å². The number of amides is 1. The maximum atomic E-state index is 13.2. The number of carbonyl (C=O) groups excluding carboxylic acids is 1. The number of rotatable bonds is 4. The Kier molecular flexibility index (Phi) is 6.52. The molecule has 1 aliphatic heterocycles. The second kappa shape index (κ2) is 9.34. The smallest absolute Gasteiger partial charge is 0.227 e. The second-order valence-electron chi connectivity index (χ2n) is 14.0. The number of para-hydroxylation sites is 1. The lowest BCUT2D eigenvalue weighted by molar-refractivity contribution is -0.207. The van der Waals surface area contributed by atoms with Crippen molar-refractivity contribution in [1.82, 2.24) is 0 Å². The van der Waals surface area contributed by atoms with Gasteiger partial charge in [0.15, 0.2) is 0 Å². The van der Waals surface area contributed by atoms with Crippen molar-refractivity contribution in [2.24, 2.45) is 46.3 Å². The van der Waals surface area contributed by atoms with Gasteiger partial charge in [-0.2, -0.15) is 0 Å². The molecule has 0 spiro atoms. The van der Waals surface area contributed by atoms with Crippen molar-refractivity contribution in [2.75, 3.05) is 11.4 Å². The van der Waals surface area contributed by atoms with Crippen LogP contribution in [0.1, 0.15) is 84.1 Å². The van der Waals surface area contributed by atoms with Crippen LogP contribution >= 0.6 is 0 Å². The zero-order valence-electron chi connectivity index (χ0n) is 23.0. The number of aliphatic hydroxyl groups is 3. The molecular weight excluding hydrogens is 462 g/mol. The second-order valence-corrected chi connectivity index (χ2v) is 14.0. The third-order valence-electron chi connectivity index (χ3n) is 12.5. The van der Waals surface area contributed by atoms with Gasteiger partial charge < -0.3 is 20.2 Å². The Bertz CT molecular complexity index is 1030. The summed E-state index contributed by atoms with van der Waals surface area (Å²) in [5.41, 5.74) is 2.25. The molecule has 4 saturated carbocycles. The van der Waals surface area contributed by atoms with Crippen LogP contribution in [0.3, 0.4) is 0 Å². The highest BCUT2D eigenvalue weighted by Crippen LogP contribution is 2.68. The predicted molar refractivity (Wildman–Crippen MR) is 145 cm³/mol. The Morgan fingerprint density at radius 3 is 2.65 bits per heavy atom. The summed E-state index contributed by atoms with van der Waals surface area (Å²) in [5.74, 6) is 2.20. The highest BCUT2D eigenvalue weighted by Gasteiger charge is 2.65. The molecule has 1 amide bonds. The Labute approximate surface area is 222 Å². The van der Waals surface area contributed by atoms with E-state index in [1.54, 1.807) is 0 Å². The predicted octanol–water partition coefficient (Wildman–Crippen LogP) is 4.95. The summed E-state index contributed by atoms with van der Waals surface area (Å²) in [6.45, 7) is 7.77. The molecule has 1 aromatic carbocycles. The normalized spacial score (nSPS) is 45.5. The van der Waals surface area contributed by atoms with Crippen LogP contribution in [-0.4, -0.2) is 46.1 Å². The summed E-state index contributed by atoms with van der Waals surface area (Å²) in [5, 5.41) is 33.6. The molecule has 0 radical (unpaired) electrons. The first-order valence-electron chi connectivity index (χ1n) is 15.1. The van der Waals surface area contributed by atoms with Gasteiger partial charge in [-0.1, -0.05) is 39.0 Å². The molecule has 37 heavy (non-hydrogen) atoms. The van der Waals surface area contributed by atoms with Crippen molar-refractivity contribution >= 4 is 11.6 Å². The van der Waals surface area contributed by atoms with Crippen LogP contribution in [0, 0.1) is 46.3 Å². The van der Waals surface area contributed by atoms with E-state index < -0.39 is 0 Å². The fraction of sp³-hybridized carbons (Fsp3) is 0.781. The summed E-state index contributed by atoms with van der Waals surface area (Å²) in [4.78, 5) is 15.2. The van der Waals surface area contributed by atoms with Crippen LogP contribution < -0.4 is 4.90 Å². The van der Waals surface area contributed by atoms with E-state index in [0.29, 0.717) is 36.0 Å². The summed E-state index contributed by atoms with van der Waals surface area (Å²) < 4.78 is 0. The first-order chi connectivity index (χ1) is 17.6. The van der Waals surface area contributed by atoms with E-state index in [1.807, 2.05) is 17.0 Å². The summed E-state index contributed by atoms with van der Waals surface area (Å²) >= 11 is 0. The number of nitrogens with zero attached hydrogens (tertiary/aromatic N) is 1. The molecular formula is C32H47NO4. The van der Waals surface area contributed by atoms with Crippen LogP contribution in [0.15, 0.2) is 24.3 Å². The van der Waals surface area contributed by atoms with Gasteiger partial charge >= 0.3 is 0 Å². The van der Waals surface area contributed by atoms with E-state index in [9.17, 15) is 20.1 Å². The number of aliphatic hydroxyl groups excluding tert-OH is 3. The van der Waals surface area contributed by atoms with Gasteiger partial charge in [0.25, 0.3) is 0 Å². The summed E-state index contributed by atoms with van der Waals surface area (Å²) in [7, 11) is 0. The molecule has 5 aliphatic rings. The van der Waals surface area contributed by atoms with Crippen molar-refractivity contribution in [1.29, 1.82) is 0 Å². The minimum atomic E-state index is -0.371. The quantitative estimate of drug-likeness (QED) is 0.536. The zero-order valence-corrected chi connectivity index (χ0v) is 23.0. The minimum Gasteiger partial charge on any atom is -0.393 e. The molecule has 0 bridgehead atoms. The van der Waals surface area contributed by atoms with E-state index >= 15 is 0 Å². The topological polar surface area (TPSA) is 81.0 Å². The molecule has 1 aromatic rings. The molecule has 0 aromatic heterocycles. The average Bonchev–Trinajstić information content (AvgIpc) is 3.46. The van der Waals surface area contributed by atoms with Gasteiger partial charge in [0, 0.05) is 18.7 Å². The van der Waals surface area contributed by atoms with Crippen LogP contribution in [0.2, 0.25) is 0 Å². The van der Waals surface area contributed by atoms with Crippen molar-refractivity contribution in [3.63, 3.8) is 0 Å². The van der Waals surface area contributed by atoms with Gasteiger partial charge in [0.2, 0.25) is 5.91 Å². The zero-order chi connectivity index (χ0) is 26.1. The Hall–Kier alpha value is -1.43. The first-order valence-corrected chi connectivity index (χ1v) is 15.1. The fourth-order valence-electron chi connectivity index (χ4n) is 10.4. The lowest BCUT2D eigenvalue weighted by Crippen LogP contribution is -2.62. The van der Waals surface area contributed by atoms with Gasteiger partial charge in [-0.25, -0.2) is 0 Å². The van der Waals surface area contributed by atoms with E-state index in [-0.39, 0.29) is 41.0 Å². The van der Waals surface area contributed by atoms with Crippen molar-refractivity contribution in [2.45, 2.75) is 103 Å². The Morgan fingerprint density at radius 1 is 1.05 bits per heavy atom. The van der Waals surface area contributed by atoms with E-state index in [2.05, 4.69) is 32.9 Å². The molecule has 1 heterocycles. The molecule has 4 fully saturated rings. The molecule has 11 atom stereocenters. The lowest BCUT2D eigenvalue weighted by Gasteiger charge is -2.63. The molecule has 0 unspecified atom stereocenters. The number of hydrogen-bond donors (Lipinski definition) is 3. The first kappa shape index (κ1) is 25.8. The van der Waals surface area contributed by atoms with Crippen molar-refractivity contribution in [3.05, 3.63) is 29.8 Å². The summed E-state index contributed by atoms with van der Waals surface area (Å²) in [6, 6.07) is 8.25. The Balaban J connectivity index is 1.16. The highest BCUT2D eigenvalue weighted by atomic mass is 16.3. The third-order valence-corrected chi connectivity index (χ3v) is 12.5. The maximum Gasteiger partial charge on any atom is 0.227 e. The SMILES string of the molecule is C[C@H](CCC(=O)N1CCc2ccccc21)[C@H]1CC[C@H]2[C@@H]3[C@H](O)C[C@@H]4C[C@H](O)CC[C@]4(C)[C@H]3C[C@H](O)[C@]12C. The van der Waals surface area contributed by atoms with Gasteiger partial charge in [-0.15, -0.1) is 0 Å². The van der Waals surface area contributed by atoms with E-state index in [4.69, 9.17) is 0 Å². The monoisotopic (exact) mass is 509 g/mol. The molecule has 3 N–H and O–H groups in total. The van der Waals surface area contributed by atoms with E-state index in [0.717, 1.165) is 70.0 Å². The summed E-state index contributed by atoms with van der Waals surface area (Å²) in [6.07, 6.45) is 7.75. The minimum absolute atomic E-state index is 0.105. The number of carbonyl (C=O) groups is 1. The van der Waals surface area contributed by atoms with Gasteiger partial charge in [-0.05, 0) is 116 Å². The molecule has 4 aliphatic carbocycles. The van der Waals surface area contributed by atoms with Crippen molar-refractivity contribution in [3.8, 4) is 0 Å². The number of fused-ring (bicyclic) bond motifs is 6. The van der Waals surface area contributed by atoms with Crippen molar-refractivity contribution < 1.29 is 20.1 Å². The highest BCUT2D eigenvalue weighted by molar-refractivity contribution is 5.95. The van der Waals surface area contributed by atoms with Gasteiger partial charge in [0.1, 0.15) is 0 Å². The van der Waals surface area contributed by atoms with Crippen LogP contribution in [-0.2, 0) is 11.2 Å². The van der Waals surface area contributed by atoms with Crippen LogP contribution in [0.4, 0.5) is 5.69 Å². The molecule has 6 rings (SSSR count). The standard InChI is InChI=1S/C32H47NO4/c1-19(8-11-29(37)33-15-13-20-6-4-5-7-26(20)33)23-9-10-24-30-25(18-28(36)32(23,24)3)31(2)14-12-22(34)16-21(31)17-27(30)35/h4-7,19,21-25,27-28,30,34-36H,8-18H2,1-3H3/t19-,21+,22-,23-,24+,25+,27-,28+,30+,31+,32-/m1/s1. The van der Waals surface area contributed by atoms with Crippen LogP contribution in [0.5, 0.6) is 0 Å². The number of benzene rings is 1. The van der Waals surface area contributed by atoms with Crippen LogP contribution in [0.25, 0.3) is 0 Å². The maximum absolute atomic E-state index is 13.2. The average molecular weight is 510 g/mol. The number of hydrogen-bond acceptors (Lipinski definition) is 4. The Morgan fingerprint density at radius 2 is 1.84 bits per heavy atom. The largest absolute Gasteiger partial charge is 0.393 e. The molecule has 204 valence electrons. The lowest BCUT2D eigenvalue weighted by atomic mass is 9.43. The number of anilines is 1. The van der Waals surface area contributed by atoms with Gasteiger partial charge in [0.05, 0.1) is 18.3 Å². The third kappa shape index (κ3) is 3.93.